The molecule has 8 heteroatoms. The number of carbonyl (C=O) groups is 2. The third-order valence-corrected chi connectivity index (χ3v) is 6.67. The predicted octanol–water partition coefficient (Wildman–Crippen LogP) is 1.64. The molecule has 29 heavy (non-hydrogen) atoms. The van der Waals surface area contributed by atoms with E-state index in [1.807, 2.05) is 28.8 Å². The molecule has 0 bridgehead atoms. The van der Waals surface area contributed by atoms with Gasteiger partial charge in [-0.1, -0.05) is 25.1 Å². The normalized spacial score (nSPS) is 27.8. The van der Waals surface area contributed by atoms with Crippen molar-refractivity contribution in [3.05, 3.63) is 42.0 Å². The number of hydrogen-bond acceptors (Lipinski definition) is 5. The molecule has 4 heterocycles. The van der Waals surface area contributed by atoms with E-state index in [1.54, 1.807) is 6.33 Å². The lowest BCUT2D eigenvalue weighted by atomic mass is 9.78. The molecule has 1 spiro atoms. The van der Waals surface area contributed by atoms with E-state index in [0.29, 0.717) is 13.0 Å². The molecule has 3 aliphatic rings. The molecule has 3 aliphatic heterocycles. The smallest absolute Gasteiger partial charge is 0.250 e. The van der Waals surface area contributed by atoms with Crippen molar-refractivity contribution < 1.29 is 9.59 Å². The van der Waals surface area contributed by atoms with E-state index in [0.717, 1.165) is 49.4 Å². The summed E-state index contributed by atoms with van der Waals surface area (Å²) < 4.78 is 1.96. The zero-order chi connectivity index (χ0) is 20.0. The Kier molecular flexibility index (Phi) is 4.38. The minimum absolute atomic E-state index is 0.0719. The fraction of sp³-hybridized carbons (Fsp3) is 0.524. The van der Waals surface area contributed by atoms with Crippen LogP contribution in [0.2, 0.25) is 0 Å². The third kappa shape index (κ3) is 2.62. The van der Waals surface area contributed by atoms with E-state index >= 15 is 0 Å². The van der Waals surface area contributed by atoms with Crippen molar-refractivity contribution in [3.8, 4) is 0 Å². The van der Waals surface area contributed by atoms with Gasteiger partial charge in [0.15, 0.2) is 5.82 Å². The van der Waals surface area contributed by atoms with Crippen molar-refractivity contribution >= 4 is 17.5 Å². The summed E-state index contributed by atoms with van der Waals surface area (Å²) in [5, 5.41) is 14.2. The van der Waals surface area contributed by atoms with Crippen molar-refractivity contribution in [2.45, 2.75) is 57.3 Å². The summed E-state index contributed by atoms with van der Waals surface area (Å²) in [4.78, 5) is 29.0. The number of amides is 2. The highest BCUT2D eigenvalue weighted by Gasteiger charge is 2.65. The Morgan fingerprint density at radius 2 is 2.24 bits per heavy atom. The number of carbonyl (C=O) groups excluding carboxylic acids is 2. The molecule has 0 saturated carbocycles. The molecule has 2 saturated heterocycles. The molecule has 2 amide bonds. The van der Waals surface area contributed by atoms with Gasteiger partial charge >= 0.3 is 0 Å². The Morgan fingerprint density at radius 3 is 3.10 bits per heavy atom. The van der Waals surface area contributed by atoms with Gasteiger partial charge in [0.25, 0.3) is 0 Å². The SMILES string of the molecule is CCCn1cnnc1CNC(=O)[C@H]1C[C@H]2CCCN2[C@]12C(=O)Nc1ccccc12. The lowest BCUT2D eigenvalue weighted by Crippen LogP contribution is -2.54. The van der Waals surface area contributed by atoms with Crippen LogP contribution in [0.1, 0.15) is 44.0 Å². The fourth-order valence-electron chi connectivity index (χ4n) is 5.51. The molecule has 3 atom stereocenters. The third-order valence-electron chi connectivity index (χ3n) is 6.67. The topological polar surface area (TPSA) is 92.2 Å². The number of anilines is 1. The van der Waals surface area contributed by atoms with Crippen LogP contribution in [0.25, 0.3) is 0 Å². The summed E-state index contributed by atoms with van der Waals surface area (Å²) in [6.07, 6.45) is 5.47. The second-order valence-electron chi connectivity index (χ2n) is 8.20. The Hall–Kier alpha value is -2.74. The maximum Gasteiger partial charge on any atom is 0.250 e. The van der Waals surface area contributed by atoms with Crippen molar-refractivity contribution in [3.63, 3.8) is 0 Å². The van der Waals surface area contributed by atoms with E-state index in [2.05, 4.69) is 32.7 Å². The number of para-hydroxylation sites is 1. The number of benzene rings is 1. The van der Waals surface area contributed by atoms with Gasteiger partial charge in [0, 0.05) is 23.8 Å². The van der Waals surface area contributed by atoms with Gasteiger partial charge in [-0.3, -0.25) is 14.5 Å². The Bertz CT molecular complexity index is 956. The van der Waals surface area contributed by atoms with Crippen molar-refractivity contribution in [2.24, 2.45) is 5.92 Å². The van der Waals surface area contributed by atoms with E-state index in [-0.39, 0.29) is 17.9 Å². The van der Waals surface area contributed by atoms with E-state index in [4.69, 9.17) is 0 Å². The molecular formula is C21H26N6O2. The maximum absolute atomic E-state index is 13.4. The first-order valence-corrected chi connectivity index (χ1v) is 10.5. The molecule has 0 radical (unpaired) electrons. The number of nitrogens with zero attached hydrogens (tertiary/aromatic N) is 4. The van der Waals surface area contributed by atoms with Crippen LogP contribution in [-0.4, -0.2) is 44.1 Å². The van der Waals surface area contributed by atoms with E-state index < -0.39 is 11.5 Å². The molecular weight excluding hydrogens is 368 g/mol. The number of hydrogen-bond donors (Lipinski definition) is 2. The van der Waals surface area contributed by atoms with Crippen LogP contribution in [0.4, 0.5) is 5.69 Å². The molecule has 0 unspecified atom stereocenters. The molecule has 1 aromatic heterocycles. The standard InChI is InChI=1S/C21H26N6O2/c1-2-9-26-13-23-25-18(26)12-22-19(28)16-11-14-6-5-10-27(14)21(16)15-7-3-4-8-17(15)24-20(21)29/h3-4,7-8,13-14,16H,2,5-6,9-12H2,1H3,(H,22,28)(H,24,29)/t14-,16-,21+/m1/s1. The predicted molar refractivity (Wildman–Crippen MR) is 107 cm³/mol. The fourth-order valence-corrected chi connectivity index (χ4v) is 5.51. The number of aryl methyl sites for hydroxylation is 1. The van der Waals surface area contributed by atoms with Crippen molar-refractivity contribution in [1.82, 2.24) is 25.0 Å². The Balaban J connectivity index is 1.45. The largest absolute Gasteiger partial charge is 0.348 e. The average molecular weight is 394 g/mol. The van der Waals surface area contributed by atoms with Crippen molar-refractivity contribution in [1.29, 1.82) is 0 Å². The first-order valence-electron chi connectivity index (χ1n) is 10.5. The minimum atomic E-state index is -0.904. The van der Waals surface area contributed by atoms with Crippen LogP contribution in [0.3, 0.4) is 0 Å². The van der Waals surface area contributed by atoms with Gasteiger partial charge in [-0.15, -0.1) is 10.2 Å². The maximum atomic E-state index is 13.4. The highest BCUT2D eigenvalue weighted by molar-refractivity contribution is 6.09. The summed E-state index contributed by atoms with van der Waals surface area (Å²) in [5.74, 6) is 0.165. The molecule has 2 fully saturated rings. The summed E-state index contributed by atoms with van der Waals surface area (Å²) >= 11 is 0. The van der Waals surface area contributed by atoms with Crippen molar-refractivity contribution in [2.75, 3.05) is 11.9 Å². The summed E-state index contributed by atoms with van der Waals surface area (Å²) in [7, 11) is 0. The molecule has 8 nitrogen and oxygen atoms in total. The Labute approximate surface area is 169 Å². The summed E-state index contributed by atoms with van der Waals surface area (Å²) in [6.45, 7) is 4.07. The second kappa shape index (κ2) is 6.95. The first kappa shape index (κ1) is 18.3. The number of aromatic nitrogens is 3. The molecule has 5 rings (SSSR count). The highest BCUT2D eigenvalue weighted by Crippen LogP contribution is 2.55. The highest BCUT2D eigenvalue weighted by atomic mass is 16.2. The zero-order valence-corrected chi connectivity index (χ0v) is 16.6. The second-order valence-corrected chi connectivity index (χ2v) is 8.20. The lowest BCUT2D eigenvalue weighted by molar-refractivity contribution is -0.137. The lowest BCUT2D eigenvalue weighted by Gasteiger charge is -2.36. The van der Waals surface area contributed by atoms with Gasteiger partial charge in [-0.25, -0.2) is 0 Å². The van der Waals surface area contributed by atoms with Crippen LogP contribution in [0.15, 0.2) is 30.6 Å². The van der Waals surface area contributed by atoms with Gasteiger partial charge in [-0.05, 0) is 38.3 Å². The van der Waals surface area contributed by atoms with Gasteiger partial charge in [-0.2, -0.15) is 0 Å². The van der Waals surface area contributed by atoms with Crippen LogP contribution >= 0.6 is 0 Å². The summed E-state index contributed by atoms with van der Waals surface area (Å²) in [5.41, 5.74) is 0.855. The summed E-state index contributed by atoms with van der Waals surface area (Å²) in [6, 6.07) is 8.06. The minimum Gasteiger partial charge on any atom is -0.348 e. The molecule has 152 valence electrons. The molecule has 2 aromatic rings. The van der Waals surface area contributed by atoms with Gasteiger partial charge in [0.1, 0.15) is 11.9 Å². The van der Waals surface area contributed by atoms with Crippen LogP contribution in [0, 0.1) is 5.92 Å². The van der Waals surface area contributed by atoms with Crippen LogP contribution in [0.5, 0.6) is 0 Å². The Morgan fingerprint density at radius 1 is 1.38 bits per heavy atom. The molecule has 0 aliphatic carbocycles. The van der Waals surface area contributed by atoms with Gasteiger partial charge in [0.05, 0.1) is 12.5 Å². The van der Waals surface area contributed by atoms with Crippen LogP contribution in [-0.2, 0) is 28.2 Å². The van der Waals surface area contributed by atoms with Gasteiger partial charge < -0.3 is 15.2 Å². The van der Waals surface area contributed by atoms with E-state index in [9.17, 15) is 9.59 Å². The number of rotatable bonds is 5. The monoisotopic (exact) mass is 394 g/mol. The number of nitrogens with one attached hydrogen (secondary N) is 2. The van der Waals surface area contributed by atoms with E-state index in [1.165, 1.54) is 0 Å². The average Bonchev–Trinajstić information content (AvgIpc) is 3.46. The number of fused-ring (bicyclic) bond motifs is 4. The first-order chi connectivity index (χ1) is 14.2. The van der Waals surface area contributed by atoms with Crippen LogP contribution < -0.4 is 10.6 Å². The van der Waals surface area contributed by atoms with Gasteiger partial charge in [0.2, 0.25) is 11.8 Å². The quantitative estimate of drug-likeness (QED) is 0.804. The molecule has 2 N–H and O–H groups in total. The zero-order valence-electron chi connectivity index (χ0n) is 16.6. The molecule has 1 aromatic carbocycles.